The van der Waals surface area contributed by atoms with Crippen molar-refractivity contribution in [3.05, 3.63) is 78.6 Å². The molecule has 0 unspecified atom stereocenters. The largest absolute Gasteiger partial charge is 0.368 e. The number of piperazine rings is 1. The first kappa shape index (κ1) is 24.6. The number of anilines is 2. The zero-order chi connectivity index (χ0) is 22.2. The molecule has 4 rings (SSSR count). The van der Waals surface area contributed by atoms with Gasteiger partial charge in [-0.1, -0.05) is 30.3 Å². The van der Waals surface area contributed by atoms with Gasteiger partial charge in [0.1, 0.15) is 6.54 Å². The highest BCUT2D eigenvalue weighted by Crippen LogP contribution is 2.16. The Morgan fingerprint density at radius 1 is 1.03 bits per heavy atom. The van der Waals surface area contributed by atoms with E-state index in [0.717, 1.165) is 43.4 Å². The Kier molecular flexibility index (Phi) is 9.11. The van der Waals surface area contributed by atoms with Crippen LogP contribution in [0.4, 0.5) is 11.4 Å². The molecular formula is C24H30IN7O. The van der Waals surface area contributed by atoms with Crippen molar-refractivity contribution in [2.24, 2.45) is 4.99 Å². The first-order valence-electron chi connectivity index (χ1n) is 10.8. The molecule has 174 valence electrons. The highest BCUT2D eigenvalue weighted by molar-refractivity contribution is 14.0. The van der Waals surface area contributed by atoms with Gasteiger partial charge in [-0.25, -0.2) is 0 Å². The van der Waals surface area contributed by atoms with Crippen molar-refractivity contribution in [3.63, 3.8) is 0 Å². The predicted molar refractivity (Wildman–Crippen MR) is 143 cm³/mol. The van der Waals surface area contributed by atoms with Gasteiger partial charge in [-0.3, -0.25) is 14.5 Å². The van der Waals surface area contributed by atoms with Gasteiger partial charge in [0.15, 0.2) is 5.96 Å². The van der Waals surface area contributed by atoms with Crippen molar-refractivity contribution in [2.75, 3.05) is 43.4 Å². The fourth-order valence-corrected chi connectivity index (χ4v) is 3.83. The maximum atomic E-state index is 12.2. The molecular weight excluding hydrogens is 529 g/mol. The van der Waals surface area contributed by atoms with Crippen LogP contribution in [0.3, 0.4) is 0 Å². The first-order chi connectivity index (χ1) is 15.7. The molecule has 0 aliphatic carbocycles. The fourth-order valence-electron chi connectivity index (χ4n) is 3.83. The number of aliphatic imine (C=N–C) groups is 1. The van der Waals surface area contributed by atoms with E-state index < -0.39 is 0 Å². The van der Waals surface area contributed by atoms with E-state index in [1.165, 1.54) is 5.69 Å². The fraction of sp³-hybridized carbons (Fsp3) is 0.292. The molecule has 1 saturated heterocycles. The van der Waals surface area contributed by atoms with E-state index in [-0.39, 0.29) is 36.4 Å². The summed E-state index contributed by atoms with van der Waals surface area (Å²) in [5.41, 5.74) is 3.11. The van der Waals surface area contributed by atoms with E-state index in [9.17, 15) is 4.79 Å². The SMILES string of the molecule is CN=C(NCc1cccc(NC(=O)Cn2cccn2)c1)N1CCN(c2ccccc2)CC1.I. The third kappa shape index (κ3) is 6.95. The normalized spacial score (nSPS) is 13.9. The molecule has 3 aromatic rings. The van der Waals surface area contributed by atoms with Crippen LogP contribution in [0.5, 0.6) is 0 Å². The van der Waals surface area contributed by atoms with Crippen molar-refractivity contribution in [3.8, 4) is 0 Å². The molecule has 0 bridgehead atoms. The Morgan fingerprint density at radius 3 is 2.52 bits per heavy atom. The van der Waals surface area contributed by atoms with E-state index in [1.54, 1.807) is 23.1 Å². The molecule has 1 aromatic heterocycles. The van der Waals surface area contributed by atoms with Gasteiger partial charge in [0.25, 0.3) is 0 Å². The number of amides is 1. The minimum absolute atomic E-state index is 0. The molecule has 0 radical (unpaired) electrons. The summed E-state index contributed by atoms with van der Waals surface area (Å²) in [5.74, 6) is 0.789. The van der Waals surface area contributed by atoms with Gasteiger partial charge in [-0.15, -0.1) is 24.0 Å². The molecule has 1 fully saturated rings. The van der Waals surface area contributed by atoms with Crippen LogP contribution in [-0.2, 0) is 17.9 Å². The van der Waals surface area contributed by atoms with Crippen molar-refractivity contribution >= 4 is 47.2 Å². The van der Waals surface area contributed by atoms with Crippen LogP contribution in [0.2, 0.25) is 0 Å². The number of benzene rings is 2. The number of nitrogens with zero attached hydrogens (tertiary/aromatic N) is 5. The average molecular weight is 559 g/mol. The maximum absolute atomic E-state index is 12.2. The summed E-state index contributed by atoms with van der Waals surface area (Å²) in [6, 6.07) is 20.2. The van der Waals surface area contributed by atoms with E-state index in [4.69, 9.17) is 0 Å². The highest BCUT2D eigenvalue weighted by Gasteiger charge is 2.19. The summed E-state index contributed by atoms with van der Waals surface area (Å²) in [6.07, 6.45) is 3.43. The molecule has 8 nitrogen and oxygen atoms in total. The Bertz CT molecular complexity index is 1030. The number of hydrogen-bond acceptors (Lipinski definition) is 4. The van der Waals surface area contributed by atoms with Crippen molar-refractivity contribution in [1.82, 2.24) is 20.0 Å². The number of carbonyl (C=O) groups excluding carboxylic acids is 1. The number of aromatic nitrogens is 2. The molecule has 0 saturated carbocycles. The predicted octanol–water partition coefficient (Wildman–Crippen LogP) is 3.04. The molecule has 33 heavy (non-hydrogen) atoms. The maximum Gasteiger partial charge on any atom is 0.246 e. The van der Waals surface area contributed by atoms with Crippen LogP contribution in [0, 0.1) is 0 Å². The van der Waals surface area contributed by atoms with E-state index in [2.05, 4.69) is 54.8 Å². The van der Waals surface area contributed by atoms with Crippen LogP contribution in [0.25, 0.3) is 0 Å². The lowest BCUT2D eigenvalue weighted by Crippen LogP contribution is -2.52. The van der Waals surface area contributed by atoms with Gasteiger partial charge >= 0.3 is 0 Å². The van der Waals surface area contributed by atoms with Crippen LogP contribution in [0.15, 0.2) is 78.0 Å². The molecule has 2 heterocycles. The van der Waals surface area contributed by atoms with E-state index in [0.29, 0.717) is 6.54 Å². The number of hydrogen-bond donors (Lipinski definition) is 2. The van der Waals surface area contributed by atoms with Crippen molar-refractivity contribution < 1.29 is 4.79 Å². The Labute approximate surface area is 211 Å². The van der Waals surface area contributed by atoms with Crippen LogP contribution in [0.1, 0.15) is 5.56 Å². The quantitative estimate of drug-likeness (QED) is 0.276. The van der Waals surface area contributed by atoms with Gasteiger partial charge in [0.05, 0.1) is 0 Å². The molecule has 1 amide bonds. The van der Waals surface area contributed by atoms with Crippen LogP contribution in [-0.4, -0.2) is 59.8 Å². The van der Waals surface area contributed by atoms with Crippen LogP contribution < -0.4 is 15.5 Å². The molecule has 9 heteroatoms. The second-order valence-electron chi connectivity index (χ2n) is 7.66. The number of rotatable bonds is 6. The van der Waals surface area contributed by atoms with Crippen LogP contribution >= 0.6 is 24.0 Å². The lowest BCUT2D eigenvalue weighted by Gasteiger charge is -2.37. The minimum Gasteiger partial charge on any atom is -0.368 e. The molecule has 2 N–H and O–H groups in total. The Morgan fingerprint density at radius 2 is 1.82 bits per heavy atom. The molecule has 0 atom stereocenters. The smallest absolute Gasteiger partial charge is 0.246 e. The first-order valence-corrected chi connectivity index (χ1v) is 10.8. The van der Waals surface area contributed by atoms with Gasteiger partial charge < -0.3 is 20.4 Å². The molecule has 0 spiro atoms. The highest BCUT2D eigenvalue weighted by atomic mass is 127. The number of halogens is 1. The molecule has 1 aliphatic rings. The van der Waals surface area contributed by atoms with Crippen molar-refractivity contribution in [1.29, 1.82) is 0 Å². The van der Waals surface area contributed by atoms with Gasteiger partial charge in [0.2, 0.25) is 5.91 Å². The topological polar surface area (TPSA) is 77.8 Å². The van der Waals surface area contributed by atoms with E-state index >= 15 is 0 Å². The Hall–Kier alpha value is -3.08. The second kappa shape index (κ2) is 12.2. The zero-order valence-corrected chi connectivity index (χ0v) is 21.1. The average Bonchev–Trinajstić information content (AvgIpc) is 3.33. The summed E-state index contributed by atoms with van der Waals surface area (Å²) in [4.78, 5) is 21.4. The summed E-state index contributed by atoms with van der Waals surface area (Å²) < 4.78 is 1.60. The summed E-state index contributed by atoms with van der Waals surface area (Å²) >= 11 is 0. The third-order valence-electron chi connectivity index (χ3n) is 5.44. The molecule has 1 aliphatic heterocycles. The third-order valence-corrected chi connectivity index (χ3v) is 5.44. The number of guanidine groups is 1. The monoisotopic (exact) mass is 559 g/mol. The lowest BCUT2D eigenvalue weighted by molar-refractivity contribution is -0.116. The number of carbonyl (C=O) groups is 1. The lowest BCUT2D eigenvalue weighted by atomic mass is 10.2. The summed E-state index contributed by atoms with van der Waals surface area (Å²) in [7, 11) is 1.82. The van der Waals surface area contributed by atoms with Gasteiger partial charge in [0, 0.05) is 63.5 Å². The molecule has 2 aromatic carbocycles. The minimum atomic E-state index is -0.106. The number of para-hydroxylation sites is 1. The Balaban J connectivity index is 0.00000306. The number of nitrogens with one attached hydrogen (secondary N) is 2. The van der Waals surface area contributed by atoms with Gasteiger partial charge in [-0.05, 0) is 35.9 Å². The summed E-state index contributed by atoms with van der Waals surface area (Å²) in [6.45, 7) is 4.58. The zero-order valence-electron chi connectivity index (χ0n) is 18.7. The van der Waals surface area contributed by atoms with Gasteiger partial charge in [-0.2, -0.15) is 5.10 Å². The van der Waals surface area contributed by atoms with Crippen molar-refractivity contribution in [2.45, 2.75) is 13.1 Å². The van der Waals surface area contributed by atoms with E-state index in [1.807, 2.05) is 37.4 Å². The summed E-state index contributed by atoms with van der Waals surface area (Å²) in [5, 5.41) is 10.5. The standard InChI is InChI=1S/C24H29N7O.HI/c1-25-24(30-15-13-29(14-16-30)22-9-3-2-4-10-22)26-18-20-7-5-8-21(17-20)28-23(32)19-31-12-6-11-27-31;/h2-12,17H,13-16,18-19H2,1H3,(H,25,26)(H,28,32);1H. The second-order valence-corrected chi connectivity index (χ2v) is 7.66.